The fourth-order valence-electron chi connectivity index (χ4n) is 3.32. The molecule has 0 atom stereocenters. The lowest BCUT2D eigenvalue weighted by atomic mass is 10.1. The lowest BCUT2D eigenvalue weighted by Crippen LogP contribution is -2.15. The summed E-state index contributed by atoms with van der Waals surface area (Å²) < 4.78 is 7.40. The van der Waals surface area contributed by atoms with Crippen LogP contribution in [0.25, 0.3) is 5.69 Å². The minimum absolute atomic E-state index is 0.293. The van der Waals surface area contributed by atoms with Crippen molar-refractivity contribution in [2.45, 2.75) is 40.8 Å². The number of nitrogens with zero attached hydrogens (tertiary/aromatic N) is 2. The number of nitrogens with one attached hydrogen (secondary N) is 1. The molecule has 1 heterocycles. The van der Waals surface area contributed by atoms with Gasteiger partial charge in [0.05, 0.1) is 5.69 Å². The summed E-state index contributed by atoms with van der Waals surface area (Å²) in [6, 6.07) is 12.4. The molecule has 5 nitrogen and oxygen atoms in total. The number of esters is 1. The van der Waals surface area contributed by atoms with Crippen LogP contribution in [-0.2, 0) is 17.9 Å². The van der Waals surface area contributed by atoms with Crippen LogP contribution in [0.2, 0.25) is 0 Å². The van der Waals surface area contributed by atoms with Crippen molar-refractivity contribution in [1.29, 1.82) is 0 Å². The van der Waals surface area contributed by atoms with E-state index in [0.717, 1.165) is 41.3 Å². The van der Waals surface area contributed by atoms with Crippen molar-refractivity contribution < 1.29 is 9.53 Å². The molecule has 0 aliphatic rings. The van der Waals surface area contributed by atoms with Gasteiger partial charge in [-0.3, -0.25) is 4.79 Å². The Bertz CT molecular complexity index is 937. The fraction of sp³-hybridized carbons (Fsp3) is 0.273. The second-order valence-electron chi connectivity index (χ2n) is 6.73. The summed E-state index contributed by atoms with van der Waals surface area (Å²) in [5.41, 5.74) is 5.45. The topological polar surface area (TPSA) is 56.1 Å². The van der Waals surface area contributed by atoms with Crippen LogP contribution < -0.4 is 10.1 Å². The Morgan fingerprint density at radius 2 is 1.81 bits per heavy atom. The van der Waals surface area contributed by atoms with E-state index in [1.807, 2.05) is 39.2 Å². The molecule has 0 unspecified atom stereocenters. The first-order valence-corrected chi connectivity index (χ1v) is 9.03. The summed E-state index contributed by atoms with van der Waals surface area (Å²) in [5.74, 6) is 1.33. The zero-order valence-corrected chi connectivity index (χ0v) is 16.2. The Labute approximate surface area is 160 Å². The van der Waals surface area contributed by atoms with E-state index in [1.54, 1.807) is 0 Å². The van der Waals surface area contributed by atoms with Crippen LogP contribution in [0, 0.1) is 20.8 Å². The van der Waals surface area contributed by atoms with Gasteiger partial charge in [-0.05, 0) is 49.1 Å². The number of para-hydroxylation sites is 1. The number of hydrogen-bond acceptors (Lipinski definition) is 4. The lowest BCUT2D eigenvalue weighted by molar-refractivity contribution is -0.131. The Hall–Kier alpha value is -2.92. The third-order valence-corrected chi connectivity index (χ3v) is 4.49. The van der Waals surface area contributed by atoms with Gasteiger partial charge in [0.15, 0.2) is 0 Å². The van der Waals surface area contributed by atoms with Crippen molar-refractivity contribution >= 4 is 5.97 Å². The van der Waals surface area contributed by atoms with E-state index in [4.69, 9.17) is 4.74 Å². The van der Waals surface area contributed by atoms with E-state index in [1.165, 1.54) is 12.5 Å². The molecule has 0 fully saturated rings. The molecule has 5 heteroatoms. The van der Waals surface area contributed by atoms with Crippen molar-refractivity contribution in [3.63, 3.8) is 0 Å². The molecule has 0 aliphatic carbocycles. The maximum atomic E-state index is 11.2. The molecule has 0 spiro atoms. The van der Waals surface area contributed by atoms with Gasteiger partial charge in [0.25, 0.3) is 0 Å². The van der Waals surface area contributed by atoms with Gasteiger partial charge in [-0.1, -0.05) is 30.3 Å². The van der Waals surface area contributed by atoms with Crippen molar-refractivity contribution in [3.8, 4) is 11.4 Å². The van der Waals surface area contributed by atoms with Crippen molar-refractivity contribution in [3.05, 3.63) is 76.9 Å². The number of carbonyl (C=O) groups is 1. The zero-order chi connectivity index (χ0) is 19.4. The molecule has 0 radical (unpaired) electrons. The number of benzene rings is 2. The molecule has 2 aromatic carbocycles. The van der Waals surface area contributed by atoms with Crippen molar-refractivity contribution in [1.82, 2.24) is 14.9 Å². The summed E-state index contributed by atoms with van der Waals surface area (Å²) in [7, 11) is 0. The molecule has 3 aromatic rings. The SMILES string of the molecule is CC(=O)Oc1c(C)cc(CNCc2ccccc2-n2ccnc2C)cc1C. The first kappa shape index (κ1) is 18.9. The van der Waals surface area contributed by atoms with Gasteiger partial charge in [0.1, 0.15) is 11.6 Å². The minimum Gasteiger partial charge on any atom is -0.426 e. The second kappa shape index (κ2) is 8.18. The molecule has 0 bridgehead atoms. The fourth-order valence-corrected chi connectivity index (χ4v) is 3.32. The molecule has 0 saturated carbocycles. The van der Waals surface area contributed by atoms with Gasteiger partial charge < -0.3 is 14.6 Å². The van der Waals surface area contributed by atoms with Crippen LogP contribution in [0.3, 0.4) is 0 Å². The average Bonchev–Trinajstić information content (AvgIpc) is 3.04. The molecule has 0 saturated heterocycles. The molecule has 0 aliphatic heterocycles. The first-order valence-electron chi connectivity index (χ1n) is 9.03. The molecule has 0 amide bonds. The van der Waals surface area contributed by atoms with Gasteiger partial charge in [0.2, 0.25) is 0 Å². The Morgan fingerprint density at radius 3 is 2.44 bits per heavy atom. The number of hydrogen-bond donors (Lipinski definition) is 1. The zero-order valence-electron chi connectivity index (χ0n) is 16.2. The van der Waals surface area contributed by atoms with E-state index in [0.29, 0.717) is 5.75 Å². The monoisotopic (exact) mass is 363 g/mol. The highest BCUT2D eigenvalue weighted by Crippen LogP contribution is 2.25. The molecule has 27 heavy (non-hydrogen) atoms. The Morgan fingerprint density at radius 1 is 1.11 bits per heavy atom. The van der Waals surface area contributed by atoms with E-state index in [-0.39, 0.29) is 5.97 Å². The summed E-state index contributed by atoms with van der Waals surface area (Å²) in [5, 5.41) is 3.51. The van der Waals surface area contributed by atoms with Crippen molar-refractivity contribution in [2.75, 3.05) is 0 Å². The maximum Gasteiger partial charge on any atom is 0.308 e. The van der Waals surface area contributed by atoms with Gasteiger partial charge in [0, 0.05) is 32.4 Å². The second-order valence-corrected chi connectivity index (χ2v) is 6.73. The van der Waals surface area contributed by atoms with Crippen LogP contribution in [-0.4, -0.2) is 15.5 Å². The average molecular weight is 363 g/mol. The molecular weight excluding hydrogens is 338 g/mol. The quantitative estimate of drug-likeness (QED) is 0.531. The van der Waals surface area contributed by atoms with Gasteiger partial charge >= 0.3 is 5.97 Å². The van der Waals surface area contributed by atoms with Crippen LogP contribution in [0.4, 0.5) is 0 Å². The van der Waals surface area contributed by atoms with E-state index < -0.39 is 0 Å². The third kappa shape index (κ3) is 4.44. The predicted octanol–water partition coefficient (Wildman–Crippen LogP) is 4.01. The van der Waals surface area contributed by atoms with Gasteiger partial charge in [-0.2, -0.15) is 0 Å². The Balaban J connectivity index is 1.71. The normalized spacial score (nSPS) is 10.8. The molecule has 1 N–H and O–H groups in total. The summed E-state index contributed by atoms with van der Waals surface area (Å²) in [6.45, 7) is 8.84. The summed E-state index contributed by atoms with van der Waals surface area (Å²) in [4.78, 5) is 15.6. The largest absolute Gasteiger partial charge is 0.426 e. The van der Waals surface area contributed by atoms with Crippen LogP contribution in [0.15, 0.2) is 48.8 Å². The van der Waals surface area contributed by atoms with Crippen LogP contribution in [0.5, 0.6) is 5.75 Å². The molecule has 1 aromatic heterocycles. The molecular formula is C22H25N3O2. The minimum atomic E-state index is -0.293. The maximum absolute atomic E-state index is 11.2. The van der Waals surface area contributed by atoms with E-state index in [2.05, 4.69) is 45.2 Å². The number of imidazole rings is 1. The van der Waals surface area contributed by atoms with Crippen molar-refractivity contribution in [2.24, 2.45) is 0 Å². The molecule has 140 valence electrons. The summed E-state index contributed by atoms with van der Waals surface area (Å²) in [6.07, 6.45) is 3.80. The highest BCUT2D eigenvalue weighted by Gasteiger charge is 2.10. The van der Waals surface area contributed by atoms with Gasteiger partial charge in [-0.25, -0.2) is 4.98 Å². The predicted molar refractivity (Wildman–Crippen MR) is 106 cm³/mol. The number of aromatic nitrogens is 2. The highest BCUT2D eigenvalue weighted by molar-refractivity contribution is 5.70. The number of aryl methyl sites for hydroxylation is 3. The molecule has 3 rings (SSSR count). The van der Waals surface area contributed by atoms with Crippen LogP contribution in [0.1, 0.15) is 35.0 Å². The highest BCUT2D eigenvalue weighted by atomic mass is 16.5. The standard InChI is InChI=1S/C22H25N3O2/c1-15-11-19(12-16(2)22(15)27-18(4)26)13-23-14-20-7-5-6-8-21(20)25-10-9-24-17(25)3/h5-12,23H,13-14H2,1-4H3. The smallest absolute Gasteiger partial charge is 0.308 e. The number of carbonyl (C=O) groups excluding carboxylic acids is 1. The van der Waals surface area contributed by atoms with E-state index in [9.17, 15) is 4.79 Å². The summed E-state index contributed by atoms with van der Waals surface area (Å²) >= 11 is 0. The van der Waals surface area contributed by atoms with E-state index >= 15 is 0 Å². The Kier molecular flexibility index (Phi) is 5.72. The number of ether oxygens (including phenoxy) is 1. The number of rotatable bonds is 6. The third-order valence-electron chi connectivity index (χ3n) is 4.49. The van der Waals surface area contributed by atoms with Crippen LogP contribution >= 0.6 is 0 Å². The lowest BCUT2D eigenvalue weighted by Gasteiger charge is -2.14. The van der Waals surface area contributed by atoms with Gasteiger partial charge in [-0.15, -0.1) is 0 Å². The first-order chi connectivity index (χ1) is 13.0.